The third-order valence-electron chi connectivity index (χ3n) is 4.95. The van der Waals surface area contributed by atoms with Crippen molar-refractivity contribution in [2.75, 3.05) is 7.11 Å². The fourth-order valence-corrected chi connectivity index (χ4v) is 3.73. The van der Waals surface area contributed by atoms with E-state index in [1.165, 1.54) is 0 Å². The first-order valence-corrected chi connectivity index (χ1v) is 8.36. The molecule has 0 saturated heterocycles. The van der Waals surface area contributed by atoms with Gasteiger partial charge in [0.2, 0.25) is 0 Å². The lowest BCUT2D eigenvalue weighted by Gasteiger charge is -2.27. The topological polar surface area (TPSA) is 44.8 Å². The summed E-state index contributed by atoms with van der Waals surface area (Å²) in [7, 11) is 1.65. The molecule has 2 aromatic carbocycles. The van der Waals surface area contributed by atoms with Crippen LogP contribution in [-0.2, 0) is 11.4 Å². The van der Waals surface area contributed by atoms with Gasteiger partial charge in [-0.25, -0.2) is 0 Å². The summed E-state index contributed by atoms with van der Waals surface area (Å²) in [6.07, 6.45) is 3.10. The number of methoxy groups -OCH3 is 1. The molecule has 1 aliphatic carbocycles. The van der Waals surface area contributed by atoms with Crippen molar-refractivity contribution in [2.24, 2.45) is 5.92 Å². The molecule has 2 unspecified atom stereocenters. The molecule has 2 aliphatic rings. The standard InChI is InChI=1S/C20H20O4/c1-22-14-5-2-4-13(10-14)12-23-15-8-9-17-16-6-3-7-18(16)20(21)24-19(17)11-15/h2,4-5,8-11,16,18H,3,6-7,12H2,1H3. The third-order valence-corrected chi connectivity index (χ3v) is 4.95. The van der Waals surface area contributed by atoms with E-state index in [9.17, 15) is 4.79 Å². The highest BCUT2D eigenvalue weighted by Gasteiger charge is 2.40. The van der Waals surface area contributed by atoms with Crippen LogP contribution in [0.5, 0.6) is 17.2 Å². The maximum Gasteiger partial charge on any atom is 0.314 e. The quantitative estimate of drug-likeness (QED) is 0.628. The Morgan fingerprint density at radius 2 is 1.96 bits per heavy atom. The monoisotopic (exact) mass is 324 g/mol. The summed E-state index contributed by atoms with van der Waals surface area (Å²) in [6, 6.07) is 13.6. The predicted octanol–water partition coefficient (Wildman–Crippen LogP) is 4.08. The molecule has 0 radical (unpaired) electrons. The van der Waals surface area contributed by atoms with Crippen LogP contribution in [0.1, 0.15) is 36.3 Å². The largest absolute Gasteiger partial charge is 0.497 e. The molecule has 4 heteroatoms. The van der Waals surface area contributed by atoms with Gasteiger partial charge in [0.25, 0.3) is 0 Å². The molecule has 2 atom stereocenters. The molecule has 4 nitrogen and oxygen atoms in total. The molecule has 1 heterocycles. The van der Waals surface area contributed by atoms with Crippen molar-refractivity contribution >= 4 is 5.97 Å². The minimum atomic E-state index is -0.0880. The third kappa shape index (κ3) is 2.73. The highest BCUT2D eigenvalue weighted by Crippen LogP contribution is 2.47. The highest BCUT2D eigenvalue weighted by molar-refractivity contribution is 5.80. The maximum atomic E-state index is 12.1. The first kappa shape index (κ1) is 15.1. The number of benzene rings is 2. The molecule has 4 rings (SSSR count). The fourth-order valence-electron chi connectivity index (χ4n) is 3.73. The van der Waals surface area contributed by atoms with E-state index in [0.29, 0.717) is 24.0 Å². The van der Waals surface area contributed by atoms with Crippen molar-refractivity contribution in [3.63, 3.8) is 0 Å². The van der Waals surface area contributed by atoms with Gasteiger partial charge < -0.3 is 14.2 Å². The van der Waals surface area contributed by atoms with Gasteiger partial charge in [-0.3, -0.25) is 4.79 Å². The molecule has 24 heavy (non-hydrogen) atoms. The van der Waals surface area contributed by atoms with E-state index >= 15 is 0 Å². The molecule has 0 aromatic heterocycles. The lowest BCUT2D eigenvalue weighted by atomic mass is 9.86. The Kier molecular flexibility index (Phi) is 3.89. The van der Waals surface area contributed by atoms with E-state index in [4.69, 9.17) is 14.2 Å². The van der Waals surface area contributed by atoms with E-state index in [-0.39, 0.29) is 11.9 Å². The SMILES string of the molecule is COc1cccc(COc2ccc3c(c2)OC(=O)C2CCCC32)c1. The normalized spacial score (nSPS) is 21.6. The molecule has 124 valence electrons. The molecule has 0 amide bonds. The first-order valence-electron chi connectivity index (χ1n) is 8.36. The van der Waals surface area contributed by atoms with E-state index in [2.05, 4.69) is 0 Å². The smallest absolute Gasteiger partial charge is 0.314 e. The van der Waals surface area contributed by atoms with Crippen LogP contribution in [0, 0.1) is 5.92 Å². The molecule has 0 N–H and O–H groups in total. The van der Waals surface area contributed by atoms with Crippen molar-refractivity contribution in [1.82, 2.24) is 0 Å². The van der Waals surface area contributed by atoms with Gasteiger partial charge in [0, 0.05) is 12.0 Å². The molecule has 2 aromatic rings. The number of carbonyl (C=O) groups is 1. The summed E-state index contributed by atoms with van der Waals surface area (Å²) in [5.41, 5.74) is 2.17. The second-order valence-electron chi connectivity index (χ2n) is 6.40. The van der Waals surface area contributed by atoms with Gasteiger partial charge in [-0.2, -0.15) is 0 Å². The van der Waals surface area contributed by atoms with Crippen LogP contribution in [0.4, 0.5) is 0 Å². The Morgan fingerprint density at radius 1 is 1.08 bits per heavy atom. The van der Waals surface area contributed by atoms with Gasteiger partial charge in [0.1, 0.15) is 23.9 Å². The van der Waals surface area contributed by atoms with Crippen LogP contribution in [0.15, 0.2) is 42.5 Å². The van der Waals surface area contributed by atoms with Crippen molar-refractivity contribution in [3.05, 3.63) is 53.6 Å². The van der Waals surface area contributed by atoms with E-state index < -0.39 is 0 Å². The second kappa shape index (κ2) is 6.19. The Balaban J connectivity index is 1.51. The minimum absolute atomic E-state index is 0.0426. The predicted molar refractivity (Wildman–Crippen MR) is 89.5 cm³/mol. The Morgan fingerprint density at radius 3 is 2.83 bits per heavy atom. The van der Waals surface area contributed by atoms with Gasteiger partial charge in [-0.05, 0) is 42.2 Å². The van der Waals surface area contributed by atoms with Crippen LogP contribution in [0.3, 0.4) is 0 Å². The molecular formula is C20H20O4. The van der Waals surface area contributed by atoms with Crippen molar-refractivity contribution in [3.8, 4) is 17.2 Å². The summed E-state index contributed by atoms with van der Waals surface area (Å²) >= 11 is 0. The van der Waals surface area contributed by atoms with E-state index in [0.717, 1.165) is 36.1 Å². The lowest BCUT2D eigenvalue weighted by molar-refractivity contribution is -0.140. The summed E-state index contributed by atoms with van der Waals surface area (Å²) < 4.78 is 16.6. The first-order chi connectivity index (χ1) is 11.7. The summed E-state index contributed by atoms with van der Waals surface area (Å²) in [6.45, 7) is 0.440. The summed E-state index contributed by atoms with van der Waals surface area (Å²) in [4.78, 5) is 12.1. The number of ether oxygens (including phenoxy) is 3. The number of hydrogen-bond acceptors (Lipinski definition) is 4. The number of rotatable bonds is 4. The number of hydrogen-bond donors (Lipinski definition) is 0. The van der Waals surface area contributed by atoms with Crippen molar-refractivity contribution in [2.45, 2.75) is 31.8 Å². The van der Waals surface area contributed by atoms with Crippen molar-refractivity contribution < 1.29 is 19.0 Å². The van der Waals surface area contributed by atoms with Gasteiger partial charge in [0.15, 0.2) is 0 Å². The van der Waals surface area contributed by atoms with E-state index in [1.807, 2.05) is 42.5 Å². The van der Waals surface area contributed by atoms with Gasteiger partial charge in [-0.1, -0.05) is 24.6 Å². The molecule has 0 bridgehead atoms. The summed E-state index contributed by atoms with van der Waals surface area (Å²) in [5, 5.41) is 0. The van der Waals surface area contributed by atoms with Crippen LogP contribution in [0.2, 0.25) is 0 Å². The van der Waals surface area contributed by atoms with Gasteiger partial charge in [-0.15, -0.1) is 0 Å². The van der Waals surface area contributed by atoms with E-state index in [1.54, 1.807) is 7.11 Å². The maximum absolute atomic E-state index is 12.1. The second-order valence-corrected chi connectivity index (χ2v) is 6.40. The molecule has 1 fully saturated rings. The zero-order chi connectivity index (χ0) is 16.5. The zero-order valence-corrected chi connectivity index (χ0v) is 13.7. The number of esters is 1. The van der Waals surface area contributed by atoms with Crippen LogP contribution in [-0.4, -0.2) is 13.1 Å². The van der Waals surface area contributed by atoms with Gasteiger partial charge >= 0.3 is 5.97 Å². The molecule has 1 aliphatic heterocycles. The number of carbonyl (C=O) groups excluding carboxylic acids is 1. The Bertz CT molecular complexity index is 768. The number of fused-ring (bicyclic) bond motifs is 3. The Hall–Kier alpha value is -2.49. The highest BCUT2D eigenvalue weighted by atomic mass is 16.5. The molecule has 0 spiro atoms. The molecule has 1 saturated carbocycles. The van der Waals surface area contributed by atoms with Crippen molar-refractivity contribution in [1.29, 1.82) is 0 Å². The minimum Gasteiger partial charge on any atom is -0.497 e. The zero-order valence-electron chi connectivity index (χ0n) is 13.7. The fraction of sp³-hybridized carbons (Fsp3) is 0.350. The van der Waals surface area contributed by atoms with Crippen LogP contribution < -0.4 is 14.2 Å². The lowest BCUT2D eigenvalue weighted by Crippen LogP contribution is -2.28. The van der Waals surface area contributed by atoms with Crippen LogP contribution >= 0.6 is 0 Å². The Labute approximate surface area is 141 Å². The van der Waals surface area contributed by atoms with Crippen LogP contribution in [0.25, 0.3) is 0 Å². The van der Waals surface area contributed by atoms with Gasteiger partial charge in [0.05, 0.1) is 13.0 Å². The molecular weight excluding hydrogens is 304 g/mol. The summed E-state index contributed by atoms with van der Waals surface area (Å²) in [5.74, 6) is 2.44. The average molecular weight is 324 g/mol. The average Bonchev–Trinajstić information content (AvgIpc) is 3.10.